The molecule has 116 valence electrons. The van der Waals surface area contributed by atoms with Crippen molar-refractivity contribution in [3.8, 4) is 5.75 Å². The van der Waals surface area contributed by atoms with Gasteiger partial charge in [-0.15, -0.1) is 0 Å². The molecule has 2 atom stereocenters. The summed E-state index contributed by atoms with van der Waals surface area (Å²) in [5.74, 6) is 0.706. The highest BCUT2D eigenvalue weighted by atomic mass is 32.2. The summed E-state index contributed by atoms with van der Waals surface area (Å²) in [6.45, 7) is 1.95. The minimum Gasteiger partial charge on any atom is -0.497 e. The highest BCUT2D eigenvalue weighted by Gasteiger charge is 2.51. The van der Waals surface area contributed by atoms with Crippen molar-refractivity contribution in [2.75, 3.05) is 7.11 Å². The molecular formula is C16H22O4S. The van der Waals surface area contributed by atoms with Gasteiger partial charge in [0.2, 0.25) is 0 Å². The molecule has 4 nitrogen and oxygen atoms in total. The molecule has 0 amide bonds. The molecule has 1 aromatic rings. The number of benzene rings is 1. The highest BCUT2D eigenvalue weighted by Crippen LogP contribution is 2.46. The molecule has 2 heterocycles. The van der Waals surface area contributed by atoms with Crippen LogP contribution < -0.4 is 4.74 Å². The van der Waals surface area contributed by atoms with Gasteiger partial charge in [-0.25, -0.2) is 8.42 Å². The molecule has 0 aromatic heterocycles. The van der Waals surface area contributed by atoms with Crippen LogP contribution in [0.25, 0.3) is 0 Å². The van der Waals surface area contributed by atoms with E-state index in [2.05, 4.69) is 0 Å². The number of rotatable bonds is 2. The zero-order valence-electron chi connectivity index (χ0n) is 12.5. The zero-order valence-corrected chi connectivity index (χ0v) is 13.3. The quantitative estimate of drug-likeness (QED) is 0.910. The monoisotopic (exact) mass is 310 g/mol. The number of methoxy groups -OCH3 is 1. The predicted molar refractivity (Wildman–Crippen MR) is 81.2 cm³/mol. The van der Waals surface area contributed by atoms with E-state index in [9.17, 15) is 13.5 Å². The van der Waals surface area contributed by atoms with Crippen molar-refractivity contribution in [2.24, 2.45) is 0 Å². The van der Waals surface area contributed by atoms with Gasteiger partial charge in [-0.2, -0.15) is 0 Å². The smallest absolute Gasteiger partial charge is 0.156 e. The summed E-state index contributed by atoms with van der Waals surface area (Å²) < 4.78 is 30.0. The summed E-state index contributed by atoms with van der Waals surface area (Å²) in [7, 11) is -1.46. The predicted octanol–water partition coefficient (Wildman–Crippen LogP) is 2.32. The molecule has 21 heavy (non-hydrogen) atoms. The topological polar surface area (TPSA) is 63.6 Å². The molecule has 2 aliphatic heterocycles. The molecule has 0 radical (unpaired) electrons. The molecule has 3 rings (SSSR count). The molecule has 5 heteroatoms. The Morgan fingerprint density at radius 1 is 1.19 bits per heavy atom. The van der Waals surface area contributed by atoms with Gasteiger partial charge < -0.3 is 9.84 Å². The number of hydrogen-bond acceptors (Lipinski definition) is 4. The van der Waals surface area contributed by atoms with Crippen LogP contribution in [0.2, 0.25) is 0 Å². The van der Waals surface area contributed by atoms with Crippen LogP contribution in [-0.2, 0) is 15.4 Å². The molecular weight excluding hydrogens is 288 g/mol. The Morgan fingerprint density at radius 2 is 1.81 bits per heavy atom. The number of sulfone groups is 1. The van der Waals surface area contributed by atoms with Crippen LogP contribution in [0.4, 0.5) is 0 Å². The van der Waals surface area contributed by atoms with Gasteiger partial charge in [0.1, 0.15) is 5.75 Å². The van der Waals surface area contributed by atoms with E-state index in [1.54, 1.807) is 7.11 Å². The summed E-state index contributed by atoms with van der Waals surface area (Å²) in [5.41, 5.74) is 0.739. The van der Waals surface area contributed by atoms with Gasteiger partial charge >= 0.3 is 0 Å². The van der Waals surface area contributed by atoms with E-state index in [1.165, 1.54) is 0 Å². The second kappa shape index (κ2) is 4.99. The molecule has 2 aliphatic rings. The van der Waals surface area contributed by atoms with E-state index in [1.807, 2.05) is 25.1 Å². The standard InChI is InChI=1S/C16H22O4S/c1-11-6-12(8-13(7-11)20-2)16(17)9-14-4-3-5-15(10-16)21(14,18)19/h6-8,14-15,17H,3-5,9-10H2,1-2H3. The van der Waals surface area contributed by atoms with Gasteiger partial charge in [0, 0.05) is 0 Å². The summed E-state index contributed by atoms with van der Waals surface area (Å²) in [5, 5.41) is 10.3. The molecule has 2 saturated heterocycles. The molecule has 2 unspecified atom stereocenters. The summed E-state index contributed by atoms with van der Waals surface area (Å²) in [6, 6.07) is 5.68. The molecule has 0 saturated carbocycles. The molecule has 1 N–H and O–H groups in total. The van der Waals surface area contributed by atoms with E-state index >= 15 is 0 Å². The Hall–Kier alpha value is -1.07. The van der Waals surface area contributed by atoms with E-state index in [0.29, 0.717) is 31.4 Å². The average Bonchev–Trinajstić information content (AvgIpc) is 2.40. The van der Waals surface area contributed by atoms with Crippen molar-refractivity contribution in [1.82, 2.24) is 0 Å². The second-order valence-electron chi connectivity index (χ2n) is 6.44. The Kier molecular flexibility index (Phi) is 3.53. The Balaban J connectivity index is 2.01. The maximum Gasteiger partial charge on any atom is 0.156 e. The number of hydrogen-bond donors (Lipinski definition) is 1. The van der Waals surface area contributed by atoms with Crippen LogP contribution in [0.1, 0.15) is 43.2 Å². The minimum atomic E-state index is -3.06. The first-order valence-corrected chi connectivity index (χ1v) is 9.07. The van der Waals surface area contributed by atoms with E-state index in [4.69, 9.17) is 4.74 Å². The van der Waals surface area contributed by atoms with Crippen molar-refractivity contribution in [1.29, 1.82) is 0 Å². The van der Waals surface area contributed by atoms with Crippen molar-refractivity contribution >= 4 is 9.84 Å². The van der Waals surface area contributed by atoms with E-state index < -0.39 is 25.9 Å². The van der Waals surface area contributed by atoms with Crippen molar-refractivity contribution in [3.05, 3.63) is 29.3 Å². The van der Waals surface area contributed by atoms with Gasteiger partial charge in [0.25, 0.3) is 0 Å². The van der Waals surface area contributed by atoms with Crippen LogP contribution in [0.3, 0.4) is 0 Å². The van der Waals surface area contributed by atoms with Crippen molar-refractivity contribution < 1.29 is 18.3 Å². The maximum atomic E-state index is 12.4. The van der Waals surface area contributed by atoms with Crippen molar-refractivity contribution in [2.45, 2.75) is 55.1 Å². The number of aryl methyl sites for hydroxylation is 1. The van der Waals surface area contributed by atoms with Crippen LogP contribution in [0.5, 0.6) is 5.75 Å². The first-order valence-electron chi connectivity index (χ1n) is 7.46. The fraction of sp³-hybridized carbons (Fsp3) is 0.625. The first kappa shape index (κ1) is 14.9. The van der Waals surface area contributed by atoms with Gasteiger partial charge in [-0.3, -0.25) is 0 Å². The lowest BCUT2D eigenvalue weighted by Crippen LogP contribution is -2.50. The minimum absolute atomic E-state index is 0.304. The van der Waals surface area contributed by atoms with Crippen LogP contribution in [-0.4, -0.2) is 31.1 Å². The van der Waals surface area contributed by atoms with E-state index in [0.717, 1.165) is 17.5 Å². The van der Waals surface area contributed by atoms with Gasteiger partial charge in [-0.1, -0.05) is 12.5 Å². The fourth-order valence-electron chi connectivity index (χ4n) is 3.82. The Bertz CT molecular complexity index is 630. The van der Waals surface area contributed by atoms with Crippen LogP contribution >= 0.6 is 0 Å². The van der Waals surface area contributed by atoms with E-state index in [-0.39, 0.29) is 0 Å². The summed E-state index contributed by atoms with van der Waals surface area (Å²) >= 11 is 0. The summed E-state index contributed by atoms with van der Waals surface area (Å²) in [4.78, 5) is 0. The lowest BCUT2D eigenvalue weighted by atomic mass is 9.80. The number of ether oxygens (including phenoxy) is 1. The second-order valence-corrected chi connectivity index (χ2v) is 8.95. The largest absolute Gasteiger partial charge is 0.497 e. The lowest BCUT2D eigenvalue weighted by Gasteiger charge is -2.44. The number of aliphatic hydroxyl groups is 1. The number of fused-ring (bicyclic) bond motifs is 2. The molecule has 2 bridgehead atoms. The molecule has 0 aliphatic carbocycles. The molecule has 1 aromatic carbocycles. The average molecular weight is 310 g/mol. The zero-order chi connectivity index (χ0) is 15.3. The Morgan fingerprint density at radius 3 is 2.38 bits per heavy atom. The van der Waals surface area contributed by atoms with Crippen LogP contribution in [0, 0.1) is 6.92 Å². The third kappa shape index (κ3) is 2.46. The van der Waals surface area contributed by atoms with Gasteiger partial charge in [-0.05, 0) is 55.9 Å². The third-order valence-electron chi connectivity index (χ3n) is 4.94. The van der Waals surface area contributed by atoms with Gasteiger partial charge in [0.05, 0.1) is 23.2 Å². The normalized spacial score (nSPS) is 34.4. The maximum absolute atomic E-state index is 12.4. The Labute approximate surface area is 126 Å². The SMILES string of the molecule is COc1cc(C)cc(C2(O)CC3CCCC(C2)S3(=O)=O)c1. The molecule has 0 spiro atoms. The summed E-state index contributed by atoms with van der Waals surface area (Å²) in [6.07, 6.45) is 2.90. The molecule has 2 fully saturated rings. The fourth-order valence-corrected chi connectivity index (χ4v) is 6.37. The van der Waals surface area contributed by atoms with Crippen LogP contribution in [0.15, 0.2) is 18.2 Å². The highest BCUT2D eigenvalue weighted by molar-refractivity contribution is 7.92. The third-order valence-corrected chi connectivity index (χ3v) is 7.60. The first-order chi connectivity index (χ1) is 9.85. The van der Waals surface area contributed by atoms with Crippen molar-refractivity contribution in [3.63, 3.8) is 0 Å². The van der Waals surface area contributed by atoms with Gasteiger partial charge in [0.15, 0.2) is 9.84 Å². The lowest BCUT2D eigenvalue weighted by molar-refractivity contribution is 0.00479.